The molecule has 0 aliphatic rings. The maximum Gasteiger partial charge on any atom is 0.264 e. The van der Waals surface area contributed by atoms with Crippen LogP contribution >= 0.6 is 11.6 Å². The second kappa shape index (κ2) is 13.9. The van der Waals surface area contributed by atoms with Gasteiger partial charge in [-0.3, -0.25) is 13.9 Å². The molecule has 2 amide bonds. The van der Waals surface area contributed by atoms with Gasteiger partial charge in [0, 0.05) is 17.1 Å². The summed E-state index contributed by atoms with van der Waals surface area (Å²) in [6.45, 7) is 6.88. The first-order valence-corrected chi connectivity index (χ1v) is 15.3. The van der Waals surface area contributed by atoms with Gasteiger partial charge in [-0.15, -0.1) is 0 Å². The molecule has 0 fully saturated rings. The van der Waals surface area contributed by atoms with Gasteiger partial charge in [0.15, 0.2) is 0 Å². The average Bonchev–Trinajstić information content (AvgIpc) is 2.95. The van der Waals surface area contributed by atoms with Crippen LogP contribution in [0.3, 0.4) is 0 Å². The van der Waals surface area contributed by atoms with E-state index in [1.54, 1.807) is 37.4 Å². The van der Waals surface area contributed by atoms with E-state index in [0.29, 0.717) is 22.9 Å². The fourth-order valence-corrected chi connectivity index (χ4v) is 5.89. The number of nitrogens with one attached hydrogen (secondary N) is 1. The van der Waals surface area contributed by atoms with Crippen LogP contribution in [0, 0.1) is 0 Å². The van der Waals surface area contributed by atoms with Crippen LogP contribution in [0.5, 0.6) is 11.5 Å². The molecule has 0 bridgehead atoms. The first-order chi connectivity index (χ1) is 19.8. The van der Waals surface area contributed by atoms with Gasteiger partial charge in [0.2, 0.25) is 11.8 Å². The van der Waals surface area contributed by atoms with E-state index in [0.717, 1.165) is 9.87 Å². The lowest BCUT2D eigenvalue weighted by Gasteiger charge is -2.34. The van der Waals surface area contributed by atoms with Crippen LogP contribution in [0.25, 0.3) is 0 Å². The summed E-state index contributed by atoms with van der Waals surface area (Å²) in [6, 6.07) is 18.4. The van der Waals surface area contributed by atoms with E-state index in [1.807, 2.05) is 33.8 Å². The predicted molar refractivity (Wildman–Crippen MR) is 164 cm³/mol. The van der Waals surface area contributed by atoms with E-state index in [4.69, 9.17) is 21.1 Å². The van der Waals surface area contributed by atoms with Crippen molar-refractivity contribution in [1.82, 2.24) is 10.2 Å². The molecule has 1 unspecified atom stereocenters. The van der Waals surface area contributed by atoms with Gasteiger partial charge in [0.05, 0.1) is 24.8 Å². The third kappa shape index (κ3) is 8.39. The number of rotatable bonds is 12. The Bertz CT molecular complexity index is 1470. The van der Waals surface area contributed by atoms with Crippen LogP contribution < -0.4 is 19.1 Å². The van der Waals surface area contributed by atoms with Crippen molar-refractivity contribution in [2.45, 2.75) is 57.1 Å². The van der Waals surface area contributed by atoms with Gasteiger partial charge >= 0.3 is 0 Å². The van der Waals surface area contributed by atoms with Crippen molar-refractivity contribution in [2.75, 3.05) is 25.1 Å². The summed E-state index contributed by atoms with van der Waals surface area (Å²) in [5.74, 6) is 0.193. The molecule has 3 rings (SSSR count). The van der Waals surface area contributed by atoms with Crippen molar-refractivity contribution < 1.29 is 27.5 Å². The van der Waals surface area contributed by atoms with Crippen LogP contribution in [0.15, 0.2) is 77.7 Å². The summed E-state index contributed by atoms with van der Waals surface area (Å²) in [5.41, 5.74) is 0.431. The highest BCUT2D eigenvalue weighted by atomic mass is 35.5. The van der Waals surface area contributed by atoms with Gasteiger partial charge in [0.1, 0.15) is 24.1 Å². The third-order valence-electron chi connectivity index (χ3n) is 6.41. The number of hydrogen-bond donors (Lipinski definition) is 1. The van der Waals surface area contributed by atoms with Crippen molar-refractivity contribution in [3.05, 3.63) is 83.4 Å². The van der Waals surface area contributed by atoms with E-state index in [1.165, 1.54) is 48.4 Å². The molecule has 0 aliphatic heterocycles. The van der Waals surface area contributed by atoms with Gasteiger partial charge in [-0.05, 0) is 93.4 Å². The van der Waals surface area contributed by atoms with Gasteiger partial charge in [-0.2, -0.15) is 0 Å². The molecule has 0 spiro atoms. The summed E-state index contributed by atoms with van der Waals surface area (Å²) in [4.78, 5) is 29.0. The Kier molecular flexibility index (Phi) is 10.9. The van der Waals surface area contributed by atoms with Crippen LogP contribution in [0.2, 0.25) is 5.02 Å². The predicted octanol–water partition coefficient (Wildman–Crippen LogP) is 5.27. The van der Waals surface area contributed by atoms with Gasteiger partial charge < -0.3 is 19.7 Å². The zero-order valence-electron chi connectivity index (χ0n) is 24.8. The monoisotopic (exact) mass is 615 g/mol. The number of ether oxygens (including phenoxy) is 2. The van der Waals surface area contributed by atoms with E-state index in [9.17, 15) is 18.0 Å². The lowest BCUT2D eigenvalue weighted by atomic mass is 10.1. The minimum Gasteiger partial charge on any atom is -0.497 e. The van der Waals surface area contributed by atoms with Crippen molar-refractivity contribution in [2.24, 2.45) is 0 Å². The minimum atomic E-state index is -4.22. The molecule has 0 radical (unpaired) electrons. The summed E-state index contributed by atoms with van der Waals surface area (Å²) in [7, 11) is -1.19. The van der Waals surface area contributed by atoms with Gasteiger partial charge in [-0.25, -0.2) is 8.42 Å². The fraction of sp³-hybridized carbons (Fsp3) is 0.355. The van der Waals surface area contributed by atoms with E-state index < -0.39 is 34.1 Å². The number of nitrogens with zero attached hydrogens (tertiary/aromatic N) is 2. The largest absolute Gasteiger partial charge is 0.497 e. The molecule has 1 atom stereocenters. The second-order valence-corrected chi connectivity index (χ2v) is 13.0. The smallest absolute Gasteiger partial charge is 0.264 e. The standard InChI is InChI=1S/C31H38ClN3O6S/c1-7-28(30(37)33-31(2,3)4)34(20-22-9-8-10-26(19-22)41-6)29(36)21-35(24-13-11-23(32)12-14-24)42(38,39)27-17-15-25(40-5)16-18-27/h8-19,28H,7,20-21H2,1-6H3,(H,33,37). The first-order valence-electron chi connectivity index (χ1n) is 13.5. The lowest BCUT2D eigenvalue weighted by Crippen LogP contribution is -2.55. The highest BCUT2D eigenvalue weighted by molar-refractivity contribution is 7.92. The fourth-order valence-electron chi connectivity index (χ4n) is 4.35. The third-order valence-corrected chi connectivity index (χ3v) is 8.45. The Morgan fingerprint density at radius 3 is 2.10 bits per heavy atom. The Balaban J connectivity index is 2.08. The molecule has 0 aliphatic carbocycles. The van der Waals surface area contributed by atoms with Crippen molar-refractivity contribution in [3.63, 3.8) is 0 Å². The Hall–Kier alpha value is -3.76. The van der Waals surface area contributed by atoms with E-state index >= 15 is 0 Å². The molecule has 0 heterocycles. The number of amides is 2. The molecule has 3 aromatic rings. The lowest BCUT2D eigenvalue weighted by molar-refractivity contribution is -0.141. The highest BCUT2D eigenvalue weighted by Crippen LogP contribution is 2.27. The molecule has 226 valence electrons. The summed E-state index contributed by atoms with van der Waals surface area (Å²) in [5, 5.41) is 3.37. The molecule has 0 aromatic heterocycles. The zero-order valence-corrected chi connectivity index (χ0v) is 26.3. The molecule has 42 heavy (non-hydrogen) atoms. The average molecular weight is 616 g/mol. The summed E-state index contributed by atoms with van der Waals surface area (Å²) in [6.07, 6.45) is 0.309. The van der Waals surface area contributed by atoms with E-state index in [2.05, 4.69) is 5.32 Å². The maximum atomic E-state index is 14.2. The molecule has 11 heteroatoms. The van der Waals surface area contributed by atoms with Gasteiger partial charge in [0.25, 0.3) is 10.0 Å². The highest BCUT2D eigenvalue weighted by Gasteiger charge is 2.34. The molecule has 3 aromatic carbocycles. The molecule has 1 N–H and O–H groups in total. The van der Waals surface area contributed by atoms with Crippen LogP contribution in [-0.4, -0.2) is 57.5 Å². The number of hydrogen-bond acceptors (Lipinski definition) is 6. The molecular formula is C31H38ClN3O6S. The number of carbonyl (C=O) groups excluding carboxylic acids is 2. The molecular weight excluding hydrogens is 578 g/mol. The zero-order chi connectivity index (χ0) is 31.1. The number of sulfonamides is 1. The molecule has 9 nitrogen and oxygen atoms in total. The Labute approximate surface area is 253 Å². The SMILES string of the molecule is CCC(C(=O)NC(C)(C)C)N(Cc1cccc(OC)c1)C(=O)CN(c1ccc(Cl)cc1)S(=O)(=O)c1ccc(OC)cc1. The second-order valence-electron chi connectivity index (χ2n) is 10.7. The number of anilines is 1. The first kappa shape index (κ1) is 32.8. The van der Waals surface area contributed by atoms with Gasteiger partial charge in [-0.1, -0.05) is 30.7 Å². The van der Waals surface area contributed by atoms with Crippen molar-refractivity contribution in [1.29, 1.82) is 0 Å². The Morgan fingerprint density at radius 2 is 1.55 bits per heavy atom. The van der Waals surface area contributed by atoms with E-state index in [-0.39, 0.29) is 23.0 Å². The van der Waals surface area contributed by atoms with Crippen LogP contribution in [-0.2, 0) is 26.2 Å². The number of methoxy groups -OCH3 is 2. The molecule has 0 saturated carbocycles. The summed E-state index contributed by atoms with van der Waals surface area (Å²) < 4.78 is 39.5. The number of halogens is 1. The summed E-state index contributed by atoms with van der Waals surface area (Å²) >= 11 is 6.09. The minimum absolute atomic E-state index is 0.0251. The Morgan fingerprint density at radius 1 is 0.929 bits per heavy atom. The van der Waals surface area contributed by atoms with Crippen molar-refractivity contribution in [3.8, 4) is 11.5 Å². The number of carbonyl (C=O) groups is 2. The topological polar surface area (TPSA) is 105 Å². The van der Waals surface area contributed by atoms with Crippen LogP contribution in [0.4, 0.5) is 5.69 Å². The van der Waals surface area contributed by atoms with Crippen LogP contribution in [0.1, 0.15) is 39.7 Å². The quantitative estimate of drug-likeness (QED) is 0.297. The normalized spacial score (nSPS) is 12.3. The van der Waals surface area contributed by atoms with Crippen molar-refractivity contribution >= 4 is 39.1 Å². The molecule has 0 saturated heterocycles. The number of benzene rings is 3. The maximum absolute atomic E-state index is 14.2.